The summed E-state index contributed by atoms with van der Waals surface area (Å²) in [5.41, 5.74) is 1.64. The van der Waals surface area contributed by atoms with Crippen LogP contribution in [-0.2, 0) is 14.0 Å². The van der Waals surface area contributed by atoms with E-state index in [0.717, 1.165) is 0 Å². The molecule has 0 saturated heterocycles. The number of hydrogen-bond donors (Lipinski definition) is 3. The highest BCUT2D eigenvalue weighted by Crippen LogP contribution is 2.37. The second-order valence-corrected chi connectivity index (χ2v) is 12.6. The molecule has 0 aliphatic heterocycles. The molecule has 0 aliphatic carbocycles. The summed E-state index contributed by atoms with van der Waals surface area (Å²) in [5, 5.41) is 2.58. The minimum Gasteiger partial charge on any atom is -0.446 e. The molecule has 0 heterocycles. The monoisotopic (exact) mass is 333 g/mol. The van der Waals surface area contributed by atoms with Crippen molar-refractivity contribution in [2.75, 3.05) is 6.61 Å². The van der Waals surface area contributed by atoms with Gasteiger partial charge in [-0.05, 0) is 38.9 Å². The van der Waals surface area contributed by atoms with Gasteiger partial charge in [0.1, 0.15) is 6.61 Å². The molecule has 2 amide bonds. The molecule has 4 N–H and O–H groups in total. The molecule has 0 aromatic rings. The molecular weight excluding hydrogens is 302 g/mol. The van der Waals surface area contributed by atoms with Crippen LogP contribution >= 0.6 is 0 Å². The summed E-state index contributed by atoms with van der Waals surface area (Å²) in [6.07, 6.45) is -1.52. The van der Waals surface area contributed by atoms with Crippen molar-refractivity contribution in [3.63, 3.8) is 0 Å². The largest absolute Gasteiger partial charge is 0.446 e. The van der Waals surface area contributed by atoms with Crippen molar-refractivity contribution in [1.82, 2.24) is 10.7 Å². The highest BCUT2D eigenvalue weighted by molar-refractivity contribution is 6.74. The van der Waals surface area contributed by atoms with E-state index in [1.807, 2.05) is 33.9 Å². The first kappa shape index (κ1) is 20.9. The molecule has 1 atom stereocenters. The highest BCUT2D eigenvalue weighted by Gasteiger charge is 2.41. The molecule has 0 rings (SSSR count). The van der Waals surface area contributed by atoms with Crippen molar-refractivity contribution in [3.8, 4) is 0 Å². The van der Waals surface area contributed by atoms with Crippen molar-refractivity contribution in [1.29, 1.82) is 0 Å². The average molecular weight is 334 g/mol. The number of hydrazine groups is 1. The highest BCUT2D eigenvalue weighted by atomic mass is 28.4. The van der Waals surface area contributed by atoms with E-state index < -0.39 is 32.0 Å². The van der Waals surface area contributed by atoms with Gasteiger partial charge in [-0.15, -0.1) is 0 Å². The molecule has 7 nitrogen and oxygen atoms in total. The Morgan fingerprint density at radius 1 is 1.14 bits per heavy atom. The predicted octanol–water partition coefficient (Wildman–Crippen LogP) is 1.89. The Morgan fingerprint density at radius 2 is 1.64 bits per heavy atom. The Labute approximate surface area is 134 Å². The van der Waals surface area contributed by atoms with Crippen molar-refractivity contribution in [3.05, 3.63) is 0 Å². The summed E-state index contributed by atoms with van der Waals surface area (Å²) < 4.78 is 11.1. The Bertz CT molecular complexity index is 400. The van der Waals surface area contributed by atoms with Crippen molar-refractivity contribution < 1.29 is 18.8 Å². The van der Waals surface area contributed by atoms with E-state index in [9.17, 15) is 9.59 Å². The molecule has 0 aromatic carbocycles. The summed E-state index contributed by atoms with van der Waals surface area (Å²) in [6, 6.07) is 0. The number of alkyl carbamates (subject to hydrolysis) is 1. The van der Waals surface area contributed by atoms with E-state index in [2.05, 4.69) is 31.5 Å². The molecule has 22 heavy (non-hydrogen) atoms. The number of nitrogens with two attached hydrogens (primary N) is 1. The van der Waals surface area contributed by atoms with Gasteiger partial charge in [-0.25, -0.2) is 10.6 Å². The topological polar surface area (TPSA) is 103 Å². The number of nitrogens with one attached hydrogen (secondary N) is 2. The van der Waals surface area contributed by atoms with Crippen LogP contribution in [-0.4, -0.2) is 38.6 Å². The predicted molar refractivity (Wildman–Crippen MR) is 88.6 cm³/mol. The van der Waals surface area contributed by atoms with Gasteiger partial charge in [-0.1, -0.05) is 20.8 Å². The lowest BCUT2D eigenvalue weighted by molar-refractivity contribution is -0.130. The molecule has 0 radical (unpaired) electrons. The zero-order chi connectivity index (χ0) is 17.8. The third-order valence-electron chi connectivity index (χ3n) is 3.52. The SMILES string of the molecule is CC(C)(C)NC(=O)OC[C@@H](O[Si](C)(C)C(C)(C)C)C(=O)NN. The summed E-state index contributed by atoms with van der Waals surface area (Å²) in [6.45, 7) is 15.5. The lowest BCUT2D eigenvalue weighted by atomic mass is 10.1. The molecule has 0 aromatic heterocycles. The molecule has 0 unspecified atom stereocenters. The Morgan fingerprint density at radius 3 is 2.00 bits per heavy atom. The molecule has 0 saturated carbocycles. The minimum absolute atomic E-state index is 0.0756. The third kappa shape index (κ3) is 7.23. The van der Waals surface area contributed by atoms with Crippen molar-refractivity contribution in [2.24, 2.45) is 5.84 Å². The van der Waals surface area contributed by atoms with Gasteiger partial charge < -0.3 is 14.5 Å². The molecule has 0 fully saturated rings. The first-order valence-corrected chi connectivity index (χ1v) is 10.2. The van der Waals surface area contributed by atoms with Gasteiger partial charge in [0.05, 0.1) is 0 Å². The van der Waals surface area contributed by atoms with Gasteiger partial charge in [-0.2, -0.15) is 0 Å². The number of ether oxygens (including phenoxy) is 1. The van der Waals surface area contributed by atoms with Crippen LogP contribution in [0.5, 0.6) is 0 Å². The quantitative estimate of drug-likeness (QED) is 0.308. The number of rotatable bonds is 5. The number of amides is 2. The summed E-state index contributed by atoms with van der Waals surface area (Å²) in [7, 11) is -2.19. The van der Waals surface area contributed by atoms with Crippen LogP contribution in [0.25, 0.3) is 0 Å². The van der Waals surface area contributed by atoms with E-state index in [1.165, 1.54) is 0 Å². The van der Waals surface area contributed by atoms with Crippen LogP contribution in [0.15, 0.2) is 0 Å². The Kier molecular flexibility index (Phi) is 7.05. The van der Waals surface area contributed by atoms with Crippen LogP contribution in [0.4, 0.5) is 4.79 Å². The normalized spacial score (nSPS) is 14.2. The fourth-order valence-electron chi connectivity index (χ4n) is 1.28. The maximum absolute atomic E-state index is 11.9. The van der Waals surface area contributed by atoms with Gasteiger partial charge in [-0.3, -0.25) is 10.2 Å². The van der Waals surface area contributed by atoms with Crippen LogP contribution in [0.3, 0.4) is 0 Å². The maximum atomic E-state index is 11.9. The fourth-order valence-corrected chi connectivity index (χ4v) is 2.52. The first-order valence-electron chi connectivity index (χ1n) is 7.33. The molecule has 0 bridgehead atoms. The van der Waals surface area contributed by atoms with Gasteiger partial charge in [0.2, 0.25) is 0 Å². The van der Waals surface area contributed by atoms with E-state index in [4.69, 9.17) is 15.0 Å². The zero-order valence-corrected chi connectivity index (χ0v) is 16.0. The van der Waals surface area contributed by atoms with Gasteiger partial charge in [0.25, 0.3) is 5.91 Å². The minimum atomic E-state index is -2.19. The van der Waals surface area contributed by atoms with Crippen molar-refractivity contribution >= 4 is 20.3 Å². The second kappa shape index (κ2) is 7.43. The first-order chi connectivity index (χ1) is 9.69. The van der Waals surface area contributed by atoms with Crippen LogP contribution in [0.2, 0.25) is 18.1 Å². The Hall–Kier alpha value is -1.12. The molecule has 8 heteroatoms. The van der Waals surface area contributed by atoms with Crippen LogP contribution < -0.4 is 16.6 Å². The number of hydrogen-bond acceptors (Lipinski definition) is 5. The lowest BCUT2D eigenvalue weighted by Gasteiger charge is -2.38. The van der Waals surface area contributed by atoms with Crippen molar-refractivity contribution in [2.45, 2.75) is 71.3 Å². The van der Waals surface area contributed by atoms with E-state index >= 15 is 0 Å². The van der Waals surface area contributed by atoms with E-state index in [0.29, 0.717) is 0 Å². The van der Waals surface area contributed by atoms with Crippen LogP contribution in [0.1, 0.15) is 41.5 Å². The summed E-state index contributed by atoms with van der Waals surface area (Å²) >= 11 is 0. The summed E-state index contributed by atoms with van der Waals surface area (Å²) in [5.74, 6) is 4.68. The van der Waals surface area contributed by atoms with Gasteiger partial charge in [0, 0.05) is 5.54 Å². The third-order valence-corrected chi connectivity index (χ3v) is 8.01. The van der Waals surface area contributed by atoms with Gasteiger partial charge >= 0.3 is 6.09 Å². The molecular formula is C14H31N3O4Si. The van der Waals surface area contributed by atoms with Gasteiger partial charge in [0.15, 0.2) is 14.4 Å². The maximum Gasteiger partial charge on any atom is 0.407 e. The fraction of sp³-hybridized carbons (Fsp3) is 0.857. The lowest BCUT2D eigenvalue weighted by Crippen LogP contribution is -2.52. The van der Waals surface area contributed by atoms with E-state index in [1.54, 1.807) is 0 Å². The zero-order valence-electron chi connectivity index (χ0n) is 15.0. The van der Waals surface area contributed by atoms with E-state index in [-0.39, 0.29) is 11.6 Å². The Balaban J connectivity index is 4.82. The van der Waals surface area contributed by atoms with Crippen LogP contribution in [0, 0.1) is 0 Å². The number of carbonyl (C=O) groups is 2. The summed E-state index contributed by atoms with van der Waals surface area (Å²) in [4.78, 5) is 23.6. The average Bonchev–Trinajstić information content (AvgIpc) is 2.29. The smallest absolute Gasteiger partial charge is 0.407 e. The second-order valence-electron chi connectivity index (χ2n) is 7.85. The molecule has 0 spiro atoms. The number of carbonyl (C=O) groups excluding carboxylic acids is 2. The molecule has 0 aliphatic rings. The molecule has 130 valence electrons. The standard InChI is InChI=1S/C14H31N3O4Si/c1-13(2,3)16-12(19)20-9-10(11(18)17-15)21-22(7,8)14(4,5)6/h10H,9,15H2,1-8H3,(H,16,19)(H,17,18)/t10-/m1/s1.